The smallest absolute Gasteiger partial charge is 0.362 e. The molecule has 8 nitrogen and oxygen atoms in total. The summed E-state index contributed by atoms with van der Waals surface area (Å²) < 4.78 is 4.89. The highest BCUT2D eigenvalue weighted by Gasteiger charge is 2.18. The normalized spacial score (nSPS) is 11.9. The molecule has 0 saturated heterocycles. The molecule has 0 spiro atoms. The summed E-state index contributed by atoms with van der Waals surface area (Å²) >= 11 is 0. The number of benzene rings is 2. The zero-order valence-corrected chi connectivity index (χ0v) is 13.3. The highest BCUT2D eigenvalue weighted by Crippen LogP contribution is 2.22. The summed E-state index contributed by atoms with van der Waals surface area (Å²) in [6.45, 7) is 1.74. The first-order chi connectivity index (χ1) is 12.0. The number of hydrogen-bond donors (Lipinski definition) is 1. The van der Waals surface area contributed by atoms with E-state index in [1.54, 1.807) is 37.3 Å². The Morgan fingerprint density at radius 1 is 1.16 bits per heavy atom. The molecule has 2 rings (SSSR count). The maximum atomic E-state index is 12.0. The Hall–Kier alpha value is -3.55. The molecule has 2 aromatic carbocycles. The number of esters is 1. The van der Waals surface area contributed by atoms with Gasteiger partial charge >= 0.3 is 5.97 Å². The van der Waals surface area contributed by atoms with Gasteiger partial charge in [-0.05, 0) is 19.1 Å². The van der Waals surface area contributed by atoms with E-state index >= 15 is 0 Å². The van der Waals surface area contributed by atoms with Gasteiger partial charge in [0.15, 0.2) is 5.76 Å². The summed E-state index contributed by atoms with van der Waals surface area (Å²) in [5.74, 6) is -1.20. The van der Waals surface area contributed by atoms with Crippen LogP contribution >= 0.6 is 0 Å². The van der Waals surface area contributed by atoms with Crippen LogP contribution in [0.5, 0.6) is 0 Å². The molecule has 0 bridgehead atoms. The van der Waals surface area contributed by atoms with Crippen molar-refractivity contribution in [3.63, 3.8) is 0 Å². The van der Waals surface area contributed by atoms with Gasteiger partial charge in [0, 0.05) is 17.7 Å². The highest BCUT2D eigenvalue weighted by molar-refractivity contribution is 5.95. The van der Waals surface area contributed by atoms with Crippen molar-refractivity contribution >= 4 is 23.1 Å². The number of ether oxygens (including phenoxy) is 1. The number of nitro benzene ring substituents is 1. The second kappa shape index (κ2) is 8.34. The van der Waals surface area contributed by atoms with Crippen molar-refractivity contribution in [2.45, 2.75) is 6.92 Å². The third-order valence-corrected chi connectivity index (χ3v) is 3.07. The lowest BCUT2D eigenvalue weighted by atomic mass is 10.1. The number of nitrogens with zero attached hydrogens (tertiary/aromatic N) is 3. The Bertz CT molecular complexity index is 814. The molecule has 0 aliphatic rings. The third kappa shape index (κ3) is 4.71. The van der Waals surface area contributed by atoms with Crippen molar-refractivity contribution in [1.29, 1.82) is 0 Å². The van der Waals surface area contributed by atoms with Gasteiger partial charge in [-0.2, -0.15) is 5.11 Å². The van der Waals surface area contributed by atoms with Gasteiger partial charge in [-0.1, -0.05) is 30.3 Å². The van der Waals surface area contributed by atoms with Crippen LogP contribution in [-0.2, 0) is 9.53 Å². The first-order valence-electron chi connectivity index (χ1n) is 7.35. The summed E-state index contributed by atoms with van der Waals surface area (Å²) in [5, 5.41) is 28.6. The van der Waals surface area contributed by atoms with Crippen LogP contribution in [0.15, 0.2) is 70.5 Å². The second-order valence-corrected chi connectivity index (χ2v) is 4.76. The van der Waals surface area contributed by atoms with Gasteiger partial charge in [0.25, 0.3) is 5.69 Å². The van der Waals surface area contributed by atoms with E-state index in [1.165, 1.54) is 24.3 Å². The number of carbonyl (C=O) groups excluding carboxylic acids is 1. The maximum Gasteiger partial charge on any atom is 0.362 e. The predicted octanol–water partition coefficient (Wildman–Crippen LogP) is 4.17. The van der Waals surface area contributed by atoms with Crippen molar-refractivity contribution in [2.75, 3.05) is 6.61 Å². The van der Waals surface area contributed by atoms with E-state index in [-0.39, 0.29) is 29.4 Å². The van der Waals surface area contributed by atoms with Crippen LogP contribution in [0.2, 0.25) is 0 Å². The fourth-order valence-electron chi connectivity index (χ4n) is 1.87. The zero-order chi connectivity index (χ0) is 18.2. The molecule has 2 aromatic rings. The lowest BCUT2D eigenvalue weighted by molar-refractivity contribution is -0.384. The molecule has 8 heteroatoms. The van der Waals surface area contributed by atoms with Crippen LogP contribution in [0, 0.1) is 10.1 Å². The standard InChI is InChI=1S/C17H15N3O5/c1-2-25-17(22)15(16(21)12-6-4-3-5-7-12)19-18-13-8-10-14(11-9-13)20(23)24/h3-11,21H,2H2,1H3. The van der Waals surface area contributed by atoms with E-state index in [0.29, 0.717) is 5.56 Å². The van der Waals surface area contributed by atoms with Gasteiger partial charge in [0.1, 0.15) is 0 Å². The van der Waals surface area contributed by atoms with Crippen LogP contribution in [0.1, 0.15) is 12.5 Å². The van der Waals surface area contributed by atoms with Gasteiger partial charge in [-0.15, -0.1) is 5.11 Å². The molecule has 0 fully saturated rings. The molecule has 0 aromatic heterocycles. The molecule has 0 saturated carbocycles. The van der Waals surface area contributed by atoms with Gasteiger partial charge in [-0.3, -0.25) is 10.1 Å². The van der Waals surface area contributed by atoms with E-state index in [4.69, 9.17) is 4.74 Å². The number of nitro groups is 1. The summed E-state index contributed by atoms with van der Waals surface area (Å²) in [6, 6.07) is 13.7. The van der Waals surface area contributed by atoms with Crippen LogP contribution < -0.4 is 0 Å². The molecule has 128 valence electrons. The first-order valence-corrected chi connectivity index (χ1v) is 7.35. The van der Waals surface area contributed by atoms with Crippen LogP contribution in [0.25, 0.3) is 5.76 Å². The maximum absolute atomic E-state index is 12.0. The third-order valence-electron chi connectivity index (χ3n) is 3.07. The molecule has 0 amide bonds. The fraction of sp³-hybridized carbons (Fsp3) is 0.118. The van der Waals surface area contributed by atoms with Crippen molar-refractivity contribution in [1.82, 2.24) is 0 Å². The number of carbonyl (C=O) groups is 1. The number of rotatable bonds is 6. The van der Waals surface area contributed by atoms with Gasteiger partial charge < -0.3 is 9.84 Å². The van der Waals surface area contributed by atoms with Gasteiger partial charge in [-0.25, -0.2) is 4.79 Å². The van der Waals surface area contributed by atoms with E-state index in [1.807, 2.05) is 0 Å². The molecule has 0 atom stereocenters. The summed E-state index contributed by atoms with van der Waals surface area (Å²) in [4.78, 5) is 22.1. The van der Waals surface area contributed by atoms with Crippen molar-refractivity contribution in [2.24, 2.45) is 10.2 Å². The molecular weight excluding hydrogens is 326 g/mol. The molecule has 0 unspecified atom stereocenters. The zero-order valence-electron chi connectivity index (χ0n) is 13.3. The van der Waals surface area contributed by atoms with Crippen molar-refractivity contribution < 1.29 is 19.6 Å². The van der Waals surface area contributed by atoms with Gasteiger partial charge in [0.05, 0.1) is 17.2 Å². The highest BCUT2D eigenvalue weighted by atomic mass is 16.6. The Kier molecular flexibility index (Phi) is 5.94. The molecular formula is C17H15N3O5. The molecule has 0 heterocycles. The van der Waals surface area contributed by atoms with Crippen LogP contribution in [0.3, 0.4) is 0 Å². The molecule has 25 heavy (non-hydrogen) atoms. The Morgan fingerprint density at radius 2 is 1.80 bits per heavy atom. The van der Waals surface area contributed by atoms with Gasteiger partial charge in [0.2, 0.25) is 5.70 Å². The fourth-order valence-corrected chi connectivity index (χ4v) is 1.87. The number of non-ortho nitro benzene ring substituents is 1. The summed E-state index contributed by atoms with van der Waals surface area (Å²) in [5.41, 5.74) is 0.222. The Labute approximate surface area is 143 Å². The number of azo groups is 1. The van der Waals surface area contributed by atoms with Crippen LogP contribution in [-0.4, -0.2) is 22.6 Å². The summed E-state index contributed by atoms with van der Waals surface area (Å²) in [7, 11) is 0. The first kappa shape index (κ1) is 17.8. The Balaban J connectivity index is 2.36. The van der Waals surface area contributed by atoms with E-state index in [0.717, 1.165) is 0 Å². The predicted molar refractivity (Wildman–Crippen MR) is 90.2 cm³/mol. The summed E-state index contributed by atoms with van der Waals surface area (Å²) in [6.07, 6.45) is 0. The minimum Gasteiger partial charge on any atom is -0.505 e. The largest absolute Gasteiger partial charge is 0.505 e. The Morgan fingerprint density at radius 3 is 2.36 bits per heavy atom. The minimum absolute atomic E-state index is 0.0905. The SMILES string of the molecule is CCOC(=O)C(N=Nc1ccc([N+](=O)[O-])cc1)=C(O)c1ccccc1. The average Bonchev–Trinajstić information content (AvgIpc) is 2.63. The number of aliphatic hydroxyl groups excluding tert-OH is 1. The van der Waals surface area contributed by atoms with Crippen molar-refractivity contribution in [3.05, 3.63) is 76.0 Å². The van der Waals surface area contributed by atoms with Crippen molar-refractivity contribution in [3.8, 4) is 0 Å². The molecule has 0 radical (unpaired) electrons. The van der Waals surface area contributed by atoms with E-state index in [2.05, 4.69) is 10.2 Å². The molecule has 0 aliphatic carbocycles. The van der Waals surface area contributed by atoms with E-state index < -0.39 is 10.9 Å². The second-order valence-electron chi connectivity index (χ2n) is 4.76. The topological polar surface area (TPSA) is 114 Å². The number of aliphatic hydroxyl groups is 1. The molecule has 1 N–H and O–H groups in total. The monoisotopic (exact) mass is 341 g/mol. The van der Waals surface area contributed by atoms with Crippen LogP contribution in [0.4, 0.5) is 11.4 Å². The lowest BCUT2D eigenvalue weighted by Crippen LogP contribution is -2.08. The average molecular weight is 341 g/mol. The minimum atomic E-state index is -0.825. The lowest BCUT2D eigenvalue weighted by Gasteiger charge is -2.05. The quantitative estimate of drug-likeness (QED) is 0.211. The van der Waals surface area contributed by atoms with E-state index in [9.17, 15) is 20.0 Å². The molecule has 0 aliphatic heterocycles. The number of hydrogen-bond acceptors (Lipinski definition) is 7.